The Morgan fingerprint density at radius 3 is 2.57 bits per heavy atom. The van der Waals surface area contributed by atoms with E-state index in [9.17, 15) is 12.8 Å². The number of rotatable bonds is 1. The number of hydrogen-bond donors (Lipinski definition) is 1. The van der Waals surface area contributed by atoms with Gasteiger partial charge in [-0.15, -0.1) is 4.40 Å². The molecule has 0 bridgehead atoms. The van der Waals surface area contributed by atoms with E-state index in [-0.39, 0.29) is 20.9 Å². The van der Waals surface area contributed by atoms with Gasteiger partial charge in [0.1, 0.15) is 10.7 Å². The van der Waals surface area contributed by atoms with Crippen molar-refractivity contribution in [2.24, 2.45) is 4.40 Å². The fraction of sp³-hybridized carbons (Fsp3) is 0. The first-order chi connectivity index (χ1) is 9.88. The third kappa shape index (κ3) is 2.50. The first kappa shape index (κ1) is 14.3. The number of anilines is 1. The van der Waals surface area contributed by atoms with Gasteiger partial charge in [0.15, 0.2) is 0 Å². The highest BCUT2D eigenvalue weighted by atomic mass is 35.5. The number of nitrogens with one attached hydrogen (secondary N) is 1. The second-order valence-corrected chi connectivity index (χ2v) is 6.62. The van der Waals surface area contributed by atoms with Crippen LogP contribution in [-0.2, 0) is 10.0 Å². The summed E-state index contributed by atoms with van der Waals surface area (Å²) in [6.45, 7) is 0. The molecule has 0 fully saturated rings. The Morgan fingerprint density at radius 2 is 1.86 bits per heavy atom. The van der Waals surface area contributed by atoms with Gasteiger partial charge in [-0.2, -0.15) is 8.42 Å². The Morgan fingerprint density at radius 1 is 1.10 bits per heavy atom. The molecule has 1 aliphatic heterocycles. The molecule has 1 heterocycles. The summed E-state index contributed by atoms with van der Waals surface area (Å²) in [7, 11) is -3.87. The van der Waals surface area contributed by atoms with Crippen LogP contribution in [0.4, 0.5) is 10.1 Å². The van der Waals surface area contributed by atoms with E-state index in [1.54, 1.807) is 12.1 Å². The molecule has 3 rings (SSSR count). The first-order valence-corrected chi connectivity index (χ1v) is 7.94. The molecule has 4 nitrogen and oxygen atoms in total. The van der Waals surface area contributed by atoms with Gasteiger partial charge in [-0.05, 0) is 35.9 Å². The minimum atomic E-state index is -3.87. The molecule has 108 valence electrons. The van der Waals surface area contributed by atoms with Crippen LogP contribution in [-0.4, -0.2) is 13.7 Å². The second-order valence-electron chi connectivity index (χ2n) is 4.29. The van der Waals surface area contributed by atoms with Gasteiger partial charge in [0.2, 0.25) is 5.29 Å². The molecule has 0 saturated heterocycles. The van der Waals surface area contributed by atoms with Crippen LogP contribution in [0.5, 0.6) is 0 Å². The number of hydrogen-bond acceptors (Lipinski definition) is 3. The molecule has 8 heteroatoms. The van der Waals surface area contributed by atoms with Crippen molar-refractivity contribution in [3.8, 4) is 11.1 Å². The van der Waals surface area contributed by atoms with Crippen LogP contribution < -0.4 is 5.32 Å². The van der Waals surface area contributed by atoms with Gasteiger partial charge >= 0.3 is 0 Å². The van der Waals surface area contributed by atoms with Crippen molar-refractivity contribution in [3.05, 3.63) is 47.2 Å². The van der Waals surface area contributed by atoms with Gasteiger partial charge < -0.3 is 5.32 Å². The monoisotopic (exact) mass is 344 g/mol. The average Bonchev–Trinajstić information content (AvgIpc) is 2.37. The molecule has 0 saturated carbocycles. The van der Waals surface area contributed by atoms with Crippen molar-refractivity contribution in [2.45, 2.75) is 4.90 Å². The predicted octanol–water partition coefficient (Wildman–Crippen LogP) is 3.86. The third-order valence-corrected chi connectivity index (χ3v) is 4.86. The lowest BCUT2D eigenvalue weighted by molar-refractivity contribution is 0.598. The Labute approximate surface area is 130 Å². The Bertz CT molecular complexity index is 882. The number of fused-ring (bicyclic) bond motifs is 1. The summed E-state index contributed by atoms with van der Waals surface area (Å²) in [4.78, 5) is -0.00945. The number of amidine groups is 1. The van der Waals surface area contributed by atoms with Crippen LogP contribution in [0.1, 0.15) is 0 Å². The maximum Gasteiger partial charge on any atom is 0.287 e. The van der Waals surface area contributed by atoms with Crippen molar-refractivity contribution >= 4 is 44.2 Å². The van der Waals surface area contributed by atoms with Crippen LogP contribution in [0.2, 0.25) is 5.02 Å². The van der Waals surface area contributed by atoms with E-state index in [1.807, 2.05) is 0 Å². The molecule has 0 aliphatic carbocycles. The Hall–Kier alpha value is -1.63. The topological polar surface area (TPSA) is 58.5 Å². The number of sulfonamides is 1. The zero-order chi connectivity index (χ0) is 15.2. The van der Waals surface area contributed by atoms with Crippen LogP contribution >= 0.6 is 23.2 Å². The van der Waals surface area contributed by atoms with Crippen molar-refractivity contribution in [1.82, 2.24) is 0 Å². The number of halogens is 3. The van der Waals surface area contributed by atoms with E-state index >= 15 is 0 Å². The summed E-state index contributed by atoms with van der Waals surface area (Å²) < 4.78 is 40.5. The van der Waals surface area contributed by atoms with Crippen LogP contribution in [0, 0.1) is 5.82 Å². The molecule has 0 atom stereocenters. The van der Waals surface area contributed by atoms with E-state index in [0.717, 1.165) is 6.07 Å². The smallest absolute Gasteiger partial charge is 0.287 e. The summed E-state index contributed by atoms with van der Waals surface area (Å²) in [5.74, 6) is -0.478. The fourth-order valence-electron chi connectivity index (χ4n) is 2.09. The van der Waals surface area contributed by atoms with Gasteiger partial charge in [0, 0.05) is 11.1 Å². The van der Waals surface area contributed by atoms with E-state index in [1.165, 1.54) is 18.2 Å². The third-order valence-electron chi connectivity index (χ3n) is 2.95. The van der Waals surface area contributed by atoms with Crippen LogP contribution in [0.25, 0.3) is 11.1 Å². The standard InChI is InChI=1S/C13H7Cl2FN2O2S/c14-10-6-7(16)4-5-8(10)9-2-1-3-11-12(9)17-13(15)18-21(11,19)20/h1-6H,(H,17,18). The van der Waals surface area contributed by atoms with Gasteiger partial charge in [-0.3, -0.25) is 0 Å². The minimum Gasteiger partial charge on any atom is -0.328 e. The predicted molar refractivity (Wildman–Crippen MR) is 80.9 cm³/mol. The van der Waals surface area contributed by atoms with Crippen LogP contribution in [0.15, 0.2) is 45.7 Å². The molecule has 0 aromatic heterocycles. The normalized spacial score (nSPS) is 15.9. The summed E-state index contributed by atoms with van der Waals surface area (Å²) >= 11 is 11.8. The van der Waals surface area contributed by atoms with Gasteiger partial charge in [0.05, 0.1) is 10.7 Å². The van der Waals surface area contributed by atoms with Gasteiger partial charge in [-0.1, -0.05) is 23.7 Å². The Balaban J connectivity index is 2.29. The van der Waals surface area contributed by atoms with Gasteiger partial charge in [0.25, 0.3) is 10.0 Å². The molecule has 0 amide bonds. The van der Waals surface area contributed by atoms with E-state index in [0.29, 0.717) is 11.1 Å². The maximum absolute atomic E-state index is 13.2. The first-order valence-electron chi connectivity index (χ1n) is 5.74. The van der Waals surface area contributed by atoms with Crippen molar-refractivity contribution in [3.63, 3.8) is 0 Å². The van der Waals surface area contributed by atoms with Crippen molar-refractivity contribution < 1.29 is 12.8 Å². The molecule has 0 spiro atoms. The summed E-state index contributed by atoms with van der Waals surface area (Å²) in [5.41, 5.74) is 1.25. The summed E-state index contributed by atoms with van der Waals surface area (Å²) in [6, 6.07) is 8.50. The molecule has 0 unspecified atom stereocenters. The zero-order valence-corrected chi connectivity index (χ0v) is 12.6. The van der Waals surface area contributed by atoms with Crippen molar-refractivity contribution in [1.29, 1.82) is 0 Å². The largest absolute Gasteiger partial charge is 0.328 e. The number of para-hydroxylation sites is 1. The Kier molecular flexibility index (Phi) is 3.39. The molecule has 0 radical (unpaired) electrons. The SMILES string of the molecule is O=S1(=O)N=C(Cl)Nc2c(-c3ccc(F)cc3Cl)cccc21. The lowest BCUT2D eigenvalue weighted by atomic mass is 10.0. The highest BCUT2D eigenvalue weighted by molar-refractivity contribution is 7.90. The fourth-order valence-corrected chi connectivity index (χ4v) is 3.75. The maximum atomic E-state index is 13.2. The summed E-state index contributed by atoms with van der Waals surface area (Å²) in [6.07, 6.45) is 0. The number of benzene rings is 2. The average molecular weight is 345 g/mol. The number of nitrogens with zero attached hydrogens (tertiary/aromatic N) is 1. The van der Waals surface area contributed by atoms with Crippen molar-refractivity contribution in [2.75, 3.05) is 5.32 Å². The molecule has 2 aromatic carbocycles. The second kappa shape index (κ2) is 4.98. The molecular weight excluding hydrogens is 338 g/mol. The van der Waals surface area contributed by atoms with E-state index in [2.05, 4.69) is 9.71 Å². The lowest BCUT2D eigenvalue weighted by Crippen LogP contribution is -2.17. The van der Waals surface area contributed by atoms with Gasteiger partial charge in [-0.25, -0.2) is 4.39 Å². The minimum absolute atomic E-state index is 0.00945. The lowest BCUT2D eigenvalue weighted by Gasteiger charge is -2.19. The van der Waals surface area contributed by atoms with Crippen LogP contribution in [0.3, 0.4) is 0 Å². The highest BCUT2D eigenvalue weighted by Crippen LogP contribution is 2.39. The van der Waals surface area contributed by atoms with E-state index in [4.69, 9.17) is 23.2 Å². The molecule has 2 aromatic rings. The van der Waals surface area contributed by atoms with E-state index < -0.39 is 15.8 Å². The highest BCUT2D eigenvalue weighted by Gasteiger charge is 2.27. The quantitative estimate of drug-likeness (QED) is 0.799. The summed E-state index contributed by atoms with van der Waals surface area (Å²) in [5, 5.41) is 2.62. The molecule has 21 heavy (non-hydrogen) atoms. The molecule has 1 aliphatic rings. The molecule has 1 N–H and O–H groups in total. The zero-order valence-electron chi connectivity index (χ0n) is 10.3. The molecular formula is C13H7Cl2FN2O2S.